The van der Waals surface area contributed by atoms with Crippen molar-refractivity contribution in [1.82, 2.24) is 15.0 Å². The Morgan fingerprint density at radius 2 is 2.21 bits per heavy atom. The maximum atomic E-state index is 10.2. The van der Waals surface area contributed by atoms with Gasteiger partial charge >= 0.3 is 0 Å². The van der Waals surface area contributed by atoms with Gasteiger partial charge in [0, 0.05) is 25.2 Å². The molecule has 122 valence electrons. The zero-order chi connectivity index (χ0) is 16.1. The molecule has 2 atom stereocenters. The van der Waals surface area contributed by atoms with E-state index in [0.717, 1.165) is 35.7 Å². The van der Waals surface area contributed by atoms with E-state index in [9.17, 15) is 5.11 Å². The minimum absolute atomic E-state index is 0.101. The lowest BCUT2D eigenvalue weighted by Gasteiger charge is -2.37. The van der Waals surface area contributed by atoms with Crippen molar-refractivity contribution >= 4 is 16.9 Å². The van der Waals surface area contributed by atoms with E-state index in [2.05, 4.69) is 25.9 Å². The first kappa shape index (κ1) is 13.8. The minimum atomic E-state index is -0.290. The highest BCUT2D eigenvalue weighted by Gasteiger charge is 2.51. The van der Waals surface area contributed by atoms with Crippen molar-refractivity contribution in [1.29, 1.82) is 0 Å². The Morgan fingerprint density at radius 1 is 1.29 bits per heavy atom. The second-order valence-corrected chi connectivity index (χ2v) is 6.72. The Bertz CT molecular complexity index is 909. The molecule has 6 nitrogen and oxygen atoms in total. The number of hydrogen-bond donors (Lipinski definition) is 2. The van der Waals surface area contributed by atoms with E-state index >= 15 is 0 Å². The van der Waals surface area contributed by atoms with Gasteiger partial charge in [0.05, 0.1) is 24.0 Å². The molecule has 2 aliphatic heterocycles. The first-order valence-corrected chi connectivity index (χ1v) is 8.16. The molecule has 3 aromatic rings. The smallest absolute Gasteiger partial charge is 0.142 e. The number of ether oxygens (including phenoxy) is 1. The molecule has 2 N–H and O–H groups in total. The average molecular weight is 322 g/mol. The van der Waals surface area contributed by atoms with Crippen LogP contribution in [0.5, 0.6) is 5.75 Å². The molecule has 0 amide bonds. The van der Waals surface area contributed by atoms with Crippen molar-refractivity contribution in [3.63, 3.8) is 0 Å². The Hall–Kier alpha value is -2.60. The molecule has 0 spiro atoms. The SMILES string of the molecule is OC[C@]12COc3ccccc3[C@H]1CN(c1ncnc3[nH]ccc13)C2. The van der Waals surface area contributed by atoms with Gasteiger partial charge in [-0.25, -0.2) is 9.97 Å². The highest BCUT2D eigenvalue weighted by molar-refractivity contribution is 5.87. The number of aromatic amines is 1. The zero-order valence-electron chi connectivity index (χ0n) is 13.1. The quantitative estimate of drug-likeness (QED) is 0.754. The Labute approximate surface area is 139 Å². The van der Waals surface area contributed by atoms with Crippen LogP contribution in [0, 0.1) is 5.41 Å². The average Bonchev–Trinajstić information content (AvgIpc) is 3.26. The number of nitrogens with zero attached hydrogens (tertiary/aromatic N) is 3. The third-order valence-corrected chi connectivity index (χ3v) is 5.40. The van der Waals surface area contributed by atoms with Crippen LogP contribution < -0.4 is 9.64 Å². The highest BCUT2D eigenvalue weighted by atomic mass is 16.5. The third kappa shape index (κ3) is 1.80. The van der Waals surface area contributed by atoms with Gasteiger partial charge in [-0.1, -0.05) is 18.2 Å². The summed E-state index contributed by atoms with van der Waals surface area (Å²) in [4.78, 5) is 14.2. The number of rotatable bonds is 2. The van der Waals surface area contributed by atoms with Crippen LogP contribution in [-0.4, -0.2) is 46.4 Å². The maximum Gasteiger partial charge on any atom is 0.142 e. The Morgan fingerprint density at radius 3 is 3.12 bits per heavy atom. The van der Waals surface area contributed by atoms with Crippen molar-refractivity contribution in [2.75, 3.05) is 31.2 Å². The molecular weight excluding hydrogens is 304 g/mol. The van der Waals surface area contributed by atoms with Crippen LogP contribution in [0.1, 0.15) is 11.5 Å². The number of benzene rings is 1. The van der Waals surface area contributed by atoms with Crippen LogP contribution in [-0.2, 0) is 0 Å². The fraction of sp³-hybridized carbons (Fsp3) is 0.333. The summed E-state index contributed by atoms with van der Waals surface area (Å²) in [6, 6.07) is 10.1. The maximum absolute atomic E-state index is 10.2. The molecule has 5 rings (SSSR count). The summed E-state index contributed by atoms with van der Waals surface area (Å²) in [5.41, 5.74) is 1.73. The van der Waals surface area contributed by atoms with E-state index in [0.29, 0.717) is 6.61 Å². The predicted molar refractivity (Wildman–Crippen MR) is 90.3 cm³/mol. The molecule has 4 heterocycles. The normalized spacial score (nSPS) is 25.4. The van der Waals surface area contributed by atoms with Gasteiger partial charge < -0.3 is 19.7 Å². The first-order valence-electron chi connectivity index (χ1n) is 8.16. The molecule has 0 aliphatic carbocycles. The van der Waals surface area contributed by atoms with Crippen LogP contribution in [0.15, 0.2) is 42.9 Å². The van der Waals surface area contributed by atoms with Crippen LogP contribution in [0.2, 0.25) is 0 Å². The Balaban J connectivity index is 1.60. The van der Waals surface area contributed by atoms with Crippen LogP contribution in [0.3, 0.4) is 0 Å². The summed E-state index contributed by atoms with van der Waals surface area (Å²) < 4.78 is 5.96. The zero-order valence-corrected chi connectivity index (χ0v) is 13.1. The predicted octanol–water partition coefficient (Wildman–Crippen LogP) is 1.93. The van der Waals surface area contributed by atoms with Gasteiger partial charge in [0.25, 0.3) is 0 Å². The molecule has 2 aromatic heterocycles. The third-order valence-electron chi connectivity index (χ3n) is 5.40. The number of aromatic nitrogens is 3. The topological polar surface area (TPSA) is 74.3 Å². The summed E-state index contributed by atoms with van der Waals surface area (Å²) in [5, 5.41) is 11.2. The first-order chi connectivity index (χ1) is 11.8. The lowest BCUT2D eigenvalue weighted by molar-refractivity contribution is 0.0535. The second kappa shape index (κ2) is 4.95. The fourth-order valence-electron chi connectivity index (χ4n) is 4.14. The van der Waals surface area contributed by atoms with E-state index in [4.69, 9.17) is 4.74 Å². The van der Waals surface area contributed by atoms with Crippen LogP contribution in [0.25, 0.3) is 11.0 Å². The number of anilines is 1. The molecule has 1 aromatic carbocycles. The van der Waals surface area contributed by atoms with Gasteiger partial charge in [0.15, 0.2) is 0 Å². The van der Waals surface area contributed by atoms with Crippen LogP contribution in [0.4, 0.5) is 5.82 Å². The summed E-state index contributed by atoms with van der Waals surface area (Å²) in [6.07, 6.45) is 3.47. The standard InChI is InChI=1S/C18H18N4O2/c23-9-18-8-22(17-13-5-6-19-16(13)20-11-21-17)7-14(18)12-3-1-2-4-15(12)24-10-18/h1-6,11,14,23H,7-10H2,(H,19,20,21)/t14-,18-/m1/s1. The molecule has 0 bridgehead atoms. The van der Waals surface area contributed by atoms with Gasteiger partial charge in [0.2, 0.25) is 0 Å². The molecule has 0 unspecified atom stereocenters. The number of fused-ring (bicyclic) bond motifs is 4. The molecular formula is C18H18N4O2. The van der Waals surface area contributed by atoms with E-state index in [1.807, 2.05) is 30.5 Å². The summed E-state index contributed by atoms with van der Waals surface area (Å²) in [5.74, 6) is 2.08. The minimum Gasteiger partial charge on any atom is -0.493 e. The molecule has 0 radical (unpaired) electrons. The lowest BCUT2D eigenvalue weighted by Crippen LogP contribution is -2.42. The molecule has 6 heteroatoms. The van der Waals surface area contributed by atoms with Gasteiger partial charge in [-0.3, -0.25) is 0 Å². The highest BCUT2D eigenvalue weighted by Crippen LogP contribution is 2.50. The second-order valence-electron chi connectivity index (χ2n) is 6.72. The molecule has 1 saturated heterocycles. The van der Waals surface area contributed by atoms with Crippen molar-refractivity contribution in [2.24, 2.45) is 5.41 Å². The van der Waals surface area contributed by atoms with E-state index in [-0.39, 0.29) is 17.9 Å². The van der Waals surface area contributed by atoms with E-state index < -0.39 is 0 Å². The van der Waals surface area contributed by atoms with Gasteiger partial charge in [0.1, 0.15) is 23.5 Å². The number of para-hydroxylation sites is 1. The molecule has 24 heavy (non-hydrogen) atoms. The largest absolute Gasteiger partial charge is 0.493 e. The fourth-order valence-corrected chi connectivity index (χ4v) is 4.14. The molecule has 1 fully saturated rings. The Kier molecular flexibility index (Phi) is 2.84. The molecule has 2 aliphatic rings. The number of aliphatic hydroxyl groups is 1. The molecule has 0 saturated carbocycles. The van der Waals surface area contributed by atoms with E-state index in [1.165, 1.54) is 5.56 Å². The summed E-state index contributed by atoms with van der Waals surface area (Å²) in [7, 11) is 0. The van der Waals surface area contributed by atoms with E-state index in [1.54, 1.807) is 6.33 Å². The van der Waals surface area contributed by atoms with Crippen molar-refractivity contribution in [3.8, 4) is 5.75 Å². The lowest BCUT2D eigenvalue weighted by atomic mass is 9.74. The number of H-pyrrole nitrogens is 1. The summed E-state index contributed by atoms with van der Waals surface area (Å²) >= 11 is 0. The van der Waals surface area contributed by atoms with Crippen molar-refractivity contribution in [3.05, 3.63) is 48.4 Å². The van der Waals surface area contributed by atoms with Gasteiger partial charge in [-0.2, -0.15) is 0 Å². The van der Waals surface area contributed by atoms with Crippen molar-refractivity contribution in [2.45, 2.75) is 5.92 Å². The monoisotopic (exact) mass is 322 g/mol. The van der Waals surface area contributed by atoms with Gasteiger partial charge in [-0.15, -0.1) is 0 Å². The summed E-state index contributed by atoms with van der Waals surface area (Å²) in [6.45, 7) is 2.17. The number of nitrogens with one attached hydrogen (secondary N) is 1. The van der Waals surface area contributed by atoms with Gasteiger partial charge in [-0.05, 0) is 17.7 Å². The number of hydrogen-bond acceptors (Lipinski definition) is 5. The van der Waals surface area contributed by atoms with Crippen LogP contribution >= 0.6 is 0 Å². The number of aliphatic hydroxyl groups excluding tert-OH is 1. The van der Waals surface area contributed by atoms with Crippen molar-refractivity contribution < 1.29 is 9.84 Å².